The van der Waals surface area contributed by atoms with Crippen LogP contribution in [-0.4, -0.2) is 25.4 Å². The summed E-state index contributed by atoms with van der Waals surface area (Å²) in [5.74, 6) is -0.270. The van der Waals surface area contributed by atoms with Gasteiger partial charge in [0.15, 0.2) is 6.54 Å². The molecule has 0 fully saturated rings. The molecule has 0 aromatic heterocycles. The lowest BCUT2D eigenvalue weighted by molar-refractivity contribution is -0.686. The van der Waals surface area contributed by atoms with Crippen LogP contribution in [0.4, 0.5) is 5.69 Å². The van der Waals surface area contributed by atoms with Crippen molar-refractivity contribution in [1.29, 1.82) is 0 Å². The Balaban J connectivity index is 1.93. The van der Waals surface area contributed by atoms with E-state index in [4.69, 9.17) is 0 Å². The third kappa shape index (κ3) is 5.69. The molecule has 4 N–H and O–H groups in total. The first kappa shape index (κ1) is 19.1. The fourth-order valence-corrected chi connectivity index (χ4v) is 2.86. The lowest BCUT2D eigenvalue weighted by atomic mass is 10.0. The first-order valence-corrected chi connectivity index (χ1v) is 9.03. The molecule has 0 radical (unpaired) electrons. The maximum Gasteiger partial charge on any atom is 0.279 e. The molecule has 0 aliphatic heterocycles. The summed E-state index contributed by atoms with van der Waals surface area (Å²) < 4.78 is 1.04. The Labute approximate surface area is 156 Å². The van der Waals surface area contributed by atoms with Crippen LogP contribution < -0.4 is 16.0 Å². The van der Waals surface area contributed by atoms with Gasteiger partial charge in [0.25, 0.3) is 11.8 Å². The highest BCUT2D eigenvalue weighted by Gasteiger charge is 2.15. The molecular formula is C19H23BrN3O2+. The Bertz CT molecular complexity index is 732. The second-order valence-corrected chi connectivity index (χ2v) is 6.63. The van der Waals surface area contributed by atoms with Crippen LogP contribution in [0.25, 0.3) is 0 Å². The van der Waals surface area contributed by atoms with Gasteiger partial charge in [0.2, 0.25) is 0 Å². The summed E-state index contributed by atoms with van der Waals surface area (Å²) in [4.78, 5) is 23.9. The van der Waals surface area contributed by atoms with E-state index in [9.17, 15) is 9.59 Å². The van der Waals surface area contributed by atoms with E-state index in [0.29, 0.717) is 17.8 Å². The van der Waals surface area contributed by atoms with Gasteiger partial charge in [0, 0.05) is 34.8 Å². The third-order valence-electron chi connectivity index (χ3n) is 3.96. The van der Waals surface area contributed by atoms with Crippen molar-refractivity contribution < 1.29 is 14.9 Å². The molecule has 6 heteroatoms. The SMILES string of the molecule is CC[C@@H]([NH2+]CC(=O)Nc1cccc(C(=O)NC)c1)c1ccc(Br)cc1. The summed E-state index contributed by atoms with van der Waals surface area (Å²) in [6.45, 7) is 2.42. The predicted octanol–water partition coefficient (Wildman–Crippen LogP) is 2.46. The van der Waals surface area contributed by atoms with E-state index in [1.165, 1.54) is 5.56 Å². The predicted molar refractivity (Wildman–Crippen MR) is 102 cm³/mol. The number of hydrogen-bond donors (Lipinski definition) is 3. The molecule has 0 aliphatic carbocycles. The maximum atomic E-state index is 12.2. The van der Waals surface area contributed by atoms with Crippen molar-refractivity contribution in [3.05, 3.63) is 64.1 Å². The highest BCUT2D eigenvalue weighted by molar-refractivity contribution is 9.10. The highest BCUT2D eigenvalue weighted by Crippen LogP contribution is 2.16. The van der Waals surface area contributed by atoms with Gasteiger partial charge >= 0.3 is 0 Å². The van der Waals surface area contributed by atoms with Crippen LogP contribution in [0.5, 0.6) is 0 Å². The summed E-state index contributed by atoms with van der Waals surface area (Å²) in [7, 11) is 1.58. The number of quaternary nitrogens is 1. The number of carbonyl (C=O) groups excluding carboxylic acids is 2. The molecule has 2 aromatic rings. The van der Waals surface area contributed by atoms with E-state index in [2.05, 4.69) is 45.6 Å². The number of nitrogens with two attached hydrogens (primary N) is 1. The molecule has 0 unspecified atom stereocenters. The van der Waals surface area contributed by atoms with Gasteiger partial charge in [0.1, 0.15) is 6.04 Å². The minimum Gasteiger partial charge on any atom is -0.355 e. The molecule has 1 atom stereocenters. The highest BCUT2D eigenvalue weighted by atomic mass is 79.9. The standard InChI is InChI=1S/C19H22BrN3O2/c1-3-17(13-7-9-15(20)10-8-13)22-12-18(24)23-16-6-4-5-14(11-16)19(25)21-2/h4-11,17,22H,3,12H2,1-2H3,(H,21,25)(H,23,24)/p+1/t17-/m1/s1. The zero-order valence-corrected chi connectivity index (χ0v) is 16.0. The van der Waals surface area contributed by atoms with Crippen LogP contribution >= 0.6 is 15.9 Å². The molecule has 0 aliphatic rings. The summed E-state index contributed by atoms with van der Waals surface area (Å²) in [5.41, 5.74) is 2.34. The Kier molecular flexibility index (Phi) is 7.16. The summed E-state index contributed by atoms with van der Waals surface area (Å²) in [5, 5.41) is 7.44. The van der Waals surface area contributed by atoms with E-state index < -0.39 is 0 Å². The number of carbonyl (C=O) groups is 2. The largest absolute Gasteiger partial charge is 0.355 e. The van der Waals surface area contributed by atoms with E-state index in [1.54, 1.807) is 31.3 Å². The van der Waals surface area contributed by atoms with Gasteiger partial charge in [-0.25, -0.2) is 0 Å². The zero-order valence-electron chi connectivity index (χ0n) is 14.4. The molecule has 132 valence electrons. The minimum absolute atomic E-state index is 0.0929. The van der Waals surface area contributed by atoms with Crippen LogP contribution in [-0.2, 0) is 4.79 Å². The molecule has 0 heterocycles. The van der Waals surface area contributed by atoms with Crippen molar-refractivity contribution in [2.24, 2.45) is 0 Å². The van der Waals surface area contributed by atoms with E-state index in [-0.39, 0.29) is 17.9 Å². The molecule has 0 saturated heterocycles. The van der Waals surface area contributed by atoms with E-state index in [0.717, 1.165) is 10.9 Å². The Morgan fingerprint density at radius 2 is 1.88 bits per heavy atom. The number of benzene rings is 2. The summed E-state index contributed by atoms with van der Waals surface area (Å²) in [6.07, 6.45) is 0.932. The lowest BCUT2D eigenvalue weighted by Crippen LogP contribution is -2.87. The monoisotopic (exact) mass is 404 g/mol. The molecule has 5 nitrogen and oxygen atoms in total. The fraction of sp³-hybridized carbons (Fsp3) is 0.263. The van der Waals surface area contributed by atoms with Crippen LogP contribution in [0.15, 0.2) is 53.0 Å². The number of nitrogens with one attached hydrogen (secondary N) is 2. The van der Waals surface area contributed by atoms with Crippen LogP contribution in [0.3, 0.4) is 0 Å². The van der Waals surface area contributed by atoms with E-state index in [1.807, 2.05) is 17.4 Å². The molecule has 0 spiro atoms. The van der Waals surface area contributed by atoms with Crippen LogP contribution in [0.2, 0.25) is 0 Å². The molecule has 2 aromatic carbocycles. The number of amides is 2. The van der Waals surface area contributed by atoms with Gasteiger partial charge in [-0.1, -0.05) is 41.1 Å². The van der Waals surface area contributed by atoms with Crippen LogP contribution in [0.1, 0.15) is 35.3 Å². The van der Waals surface area contributed by atoms with Gasteiger partial charge < -0.3 is 16.0 Å². The van der Waals surface area contributed by atoms with Crippen molar-refractivity contribution in [3.8, 4) is 0 Å². The van der Waals surface area contributed by atoms with E-state index >= 15 is 0 Å². The summed E-state index contributed by atoms with van der Waals surface area (Å²) >= 11 is 3.43. The van der Waals surface area contributed by atoms with Gasteiger partial charge in [-0.2, -0.15) is 0 Å². The lowest BCUT2D eigenvalue weighted by Gasteiger charge is -2.14. The quantitative estimate of drug-likeness (QED) is 0.662. The minimum atomic E-state index is -0.177. The number of hydrogen-bond acceptors (Lipinski definition) is 2. The normalized spacial score (nSPS) is 11.6. The smallest absolute Gasteiger partial charge is 0.279 e. The zero-order chi connectivity index (χ0) is 18.2. The molecule has 2 rings (SSSR count). The average molecular weight is 405 g/mol. The molecule has 2 amide bonds. The first-order chi connectivity index (χ1) is 12.0. The topological polar surface area (TPSA) is 74.8 Å². The Hall–Kier alpha value is -2.18. The van der Waals surface area contributed by atoms with Crippen molar-refractivity contribution in [2.45, 2.75) is 19.4 Å². The van der Waals surface area contributed by atoms with Crippen LogP contribution in [0, 0.1) is 0 Å². The Morgan fingerprint density at radius 1 is 1.16 bits per heavy atom. The van der Waals surface area contributed by atoms with Gasteiger partial charge in [0.05, 0.1) is 0 Å². The Morgan fingerprint density at radius 3 is 2.52 bits per heavy atom. The second kappa shape index (κ2) is 9.34. The molecular weight excluding hydrogens is 382 g/mol. The molecule has 0 saturated carbocycles. The van der Waals surface area contributed by atoms with Crippen molar-refractivity contribution in [1.82, 2.24) is 5.32 Å². The third-order valence-corrected chi connectivity index (χ3v) is 4.49. The van der Waals surface area contributed by atoms with Crippen molar-refractivity contribution in [3.63, 3.8) is 0 Å². The number of anilines is 1. The number of halogens is 1. The van der Waals surface area contributed by atoms with Crippen molar-refractivity contribution in [2.75, 3.05) is 18.9 Å². The van der Waals surface area contributed by atoms with Gasteiger partial charge in [-0.3, -0.25) is 9.59 Å². The van der Waals surface area contributed by atoms with Gasteiger partial charge in [-0.05, 0) is 30.3 Å². The number of rotatable bonds is 7. The van der Waals surface area contributed by atoms with Crippen molar-refractivity contribution >= 4 is 33.4 Å². The maximum absolute atomic E-state index is 12.2. The molecule has 25 heavy (non-hydrogen) atoms. The first-order valence-electron chi connectivity index (χ1n) is 8.24. The second-order valence-electron chi connectivity index (χ2n) is 5.71. The average Bonchev–Trinajstić information content (AvgIpc) is 2.63. The fourth-order valence-electron chi connectivity index (χ4n) is 2.59. The molecule has 0 bridgehead atoms. The summed E-state index contributed by atoms with van der Waals surface area (Å²) in [6, 6.07) is 15.3. The van der Waals surface area contributed by atoms with Gasteiger partial charge in [-0.15, -0.1) is 0 Å².